The lowest BCUT2D eigenvalue weighted by molar-refractivity contribution is 0.0526. The van der Waals surface area contributed by atoms with Crippen molar-refractivity contribution in [2.45, 2.75) is 25.7 Å². The van der Waals surface area contributed by atoms with Crippen LogP contribution in [0.5, 0.6) is 0 Å². The number of nitrogen functional groups attached to an aromatic ring is 1. The average molecular weight is 283 g/mol. The Morgan fingerprint density at radius 2 is 2.00 bits per heavy atom. The van der Waals surface area contributed by atoms with Gasteiger partial charge >= 0.3 is 5.97 Å². The molecule has 21 heavy (non-hydrogen) atoms. The zero-order valence-electron chi connectivity index (χ0n) is 11.9. The molecule has 1 aromatic heterocycles. The lowest BCUT2D eigenvalue weighted by atomic mass is 10.1. The normalized spacial score (nSPS) is 14.0. The molecule has 0 saturated carbocycles. The highest BCUT2D eigenvalue weighted by Crippen LogP contribution is 2.32. The molecular weight excluding hydrogens is 266 g/mol. The van der Waals surface area contributed by atoms with Gasteiger partial charge in [-0.25, -0.2) is 14.8 Å². The van der Waals surface area contributed by atoms with Crippen LogP contribution in [0.25, 0.3) is 0 Å². The highest BCUT2D eigenvalue weighted by Gasteiger charge is 2.25. The molecule has 1 heterocycles. The molecule has 2 aromatic rings. The zero-order chi connectivity index (χ0) is 14.8. The first-order valence-corrected chi connectivity index (χ1v) is 7.05. The van der Waals surface area contributed by atoms with E-state index in [9.17, 15) is 4.79 Å². The highest BCUT2D eigenvalue weighted by molar-refractivity contribution is 5.93. The molecule has 0 spiro atoms. The molecule has 0 amide bonds. The molecule has 0 bridgehead atoms. The second-order valence-electron chi connectivity index (χ2n) is 5.12. The molecule has 2 N–H and O–H groups in total. The SMILES string of the molecule is CCOC(=O)c1cnc(C2Cc3ccccc3C2)nc1N. The minimum Gasteiger partial charge on any atom is -0.462 e. The number of rotatable bonds is 3. The number of esters is 1. The van der Waals surface area contributed by atoms with E-state index in [1.807, 2.05) is 12.1 Å². The Kier molecular flexibility index (Phi) is 3.56. The average Bonchev–Trinajstić information content (AvgIpc) is 2.91. The number of nitrogens with zero attached hydrogens (tertiary/aromatic N) is 2. The number of nitrogens with two attached hydrogens (primary N) is 1. The van der Waals surface area contributed by atoms with Gasteiger partial charge in [-0.2, -0.15) is 0 Å². The van der Waals surface area contributed by atoms with E-state index in [2.05, 4.69) is 22.1 Å². The molecule has 0 radical (unpaired) electrons. The summed E-state index contributed by atoms with van der Waals surface area (Å²) >= 11 is 0. The molecule has 0 aliphatic heterocycles. The van der Waals surface area contributed by atoms with Gasteiger partial charge in [0, 0.05) is 12.1 Å². The Balaban J connectivity index is 1.82. The number of hydrogen-bond donors (Lipinski definition) is 1. The van der Waals surface area contributed by atoms with Gasteiger partial charge in [-0.15, -0.1) is 0 Å². The van der Waals surface area contributed by atoms with Crippen LogP contribution in [0, 0.1) is 0 Å². The smallest absolute Gasteiger partial charge is 0.343 e. The van der Waals surface area contributed by atoms with E-state index in [0.717, 1.165) is 12.8 Å². The van der Waals surface area contributed by atoms with Crippen molar-refractivity contribution in [3.63, 3.8) is 0 Å². The lowest BCUT2D eigenvalue weighted by Crippen LogP contribution is -2.13. The summed E-state index contributed by atoms with van der Waals surface area (Å²) in [4.78, 5) is 20.3. The van der Waals surface area contributed by atoms with Gasteiger partial charge in [-0.3, -0.25) is 0 Å². The Morgan fingerprint density at radius 3 is 2.57 bits per heavy atom. The van der Waals surface area contributed by atoms with Crippen LogP contribution in [0.4, 0.5) is 5.82 Å². The summed E-state index contributed by atoms with van der Waals surface area (Å²) < 4.78 is 4.93. The number of hydrogen-bond acceptors (Lipinski definition) is 5. The van der Waals surface area contributed by atoms with E-state index in [0.29, 0.717) is 12.4 Å². The first-order valence-electron chi connectivity index (χ1n) is 7.05. The molecule has 1 aliphatic rings. The molecular formula is C16H17N3O2. The quantitative estimate of drug-likeness (QED) is 0.873. The van der Waals surface area contributed by atoms with Gasteiger partial charge in [0.15, 0.2) is 0 Å². The summed E-state index contributed by atoms with van der Waals surface area (Å²) in [6.07, 6.45) is 3.29. The fourth-order valence-corrected chi connectivity index (χ4v) is 2.71. The standard InChI is InChI=1S/C16H17N3O2/c1-2-21-16(20)13-9-18-15(19-14(13)17)12-7-10-5-3-4-6-11(10)8-12/h3-6,9,12H,2,7-8H2,1H3,(H2,17,18,19). The van der Waals surface area contributed by atoms with Crippen molar-refractivity contribution in [3.8, 4) is 0 Å². The van der Waals surface area contributed by atoms with E-state index >= 15 is 0 Å². The number of anilines is 1. The van der Waals surface area contributed by atoms with Gasteiger partial charge in [0.1, 0.15) is 17.2 Å². The van der Waals surface area contributed by atoms with Gasteiger partial charge in [0.2, 0.25) is 0 Å². The minimum absolute atomic E-state index is 0.189. The summed E-state index contributed by atoms with van der Waals surface area (Å²) in [6, 6.07) is 8.35. The predicted octanol–water partition coefficient (Wildman–Crippen LogP) is 2.12. The molecule has 3 rings (SSSR count). The fraction of sp³-hybridized carbons (Fsp3) is 0.312. The Labute approximate surface area is 123 Å². The van der Waals surface area contributed by atoms with Crippen molar-refractivity contribution in [3.05, 3.63) is 53.0 Å². The van der Waals surface area contributed by atoms with E-state index < -0.39 is 5.97 Å². The molecule has 108 valence electrons. The summed E-state index contributed by atoms with van der Waals surface area (Å²) in [5.41, 5.74) is 8.77. The van der Waals surface area contributed by atoms with Gasteiger partial charge in [-0.05, 0) is 30.9 Å². The first-order chi connectivity index (χ1) is 10.2. The first kappa shape index (κ1) is 13.5. The molecule has 0 fully saturated rings. The van der Waals surface area contributed by atoms with Crippen molar-refractivity contribution in [2.24, 2.45) is 0 Å². The third kappa shape index (κ3) is 2.59. The number of carbonyl (C=O) groups excluding carboxylic acids is 1. The van der Waals surface area contributed by atoms with Crippen LogP contribution in [0.15, 0.2) is 30.5 Å². The van der Waals surface area contributed by atoms with Crippen LogP contribution in [-0.2, 0) is 17.6 Å². The van der Waals surface area contributed by atoms with E-state index in [1.54, 1.807) is 6.92 Å². The van der Waals surface area contributed by atoms with Crippen LogP contribution in [0.2, 0.25) is 0 Å². The van der Waals surface area contributed by atoms with Crippen LogP contribution in [0.1, 0.15) is 40.2 Å². The lowest BCUT2D eigenvalue weighted by Gasteiger charge is -2.10. The molecule has 0 unspecified atom stereocenters. The molecule has 5 nitrogen and oxygen atoms in total. The Hall–Kier alpha value is -2.43. The van der Waals surface area contributed by atoms with Crippen LogP contribution >= 0.6 is 0 Å². The molecule has 0 saturated heterocycles. The number of carbonyl (C=O) groups is 1. The zero-order valence-corrected chi connectivity index (χ0v) is 11.9. The van der Waals surface area contributed by atoms with Crippen LogP contribution in [-0.4, -0.2) is 22.5 Å². The Bertz CT molecular complexity index is 660. The summed E-state index contributed by atoms with van der Waals surface area (Å²) in [6.45, 7) is 2.05. The van der Waals surface area contributed by atoms with Gasteiger partial charge in [-0.1, -0.05) is 24.3 Å². The highest BCUT2D eigenvalue weighted by atomic mass is 16.5. The molecule has 0 atom stereocenters. The summed E-state index contributed by atoms with van der Waals surface area (Å²) in [7, 11) is 0. The molecule has 5 heteroatoms. The second kappa shape index (κ2) is 5.52. The summed E-state index contributed by atoms with van der Waals surface area (Å²) in [5.74, 6) is 0.628. The largest absolute Gasteiger partial charge is 0.462 e. The number of benzene rings is 1. The van der Waals surface area contributed by atoms with Gasteiger partial charge < -0.3 is 10.5 Å². The number of aromatic nitrogens is 2. The molecule has 1 aromatic carbocycles. The second-order valence-corrected chi connectivity index (χ2v) is 5.12. The summed E-state index contributed by atoms with van der Waals surface area (Å²) in [5, 5.41) is 0. The van der Waals surface area contributed by atoms with Crippen LogP contribution < -0.4 is 5.73 Å². The van der Waals surface area contributed by atoms with Crippen molar-refractivity contribution in [1.29, 1.82) is 0 Å². The maximum Gasteiger partial charge on any atom is 0.343 e. The topological polar surface area (TPSA) is 78.1 Å². The van der Waals surface area contributed by atoms with E-state index in [1.165, 1.54) is 17.3 Å². The monoisotopic (exact) mass is 283 g/mol. The minimum atomic E-state index is -0.476. The van der Waals surface area contributed by atoms with Gasteiger partial charge in [0.05, 0.1) is 6.61 Å². The van der Waals surface area contributed by atoms with Crippen molar-refractivity contribution in [2.75, 3.05) is 12.3 Å². The molecule has 1 aliphatic carbocycles. The number of fused-ring (bicyclic) bond motifs is 1. The van der Waals surface area contributed by atoms with E-state index in [4.69, 9.17) is 10.5 Å². The van der Waals surface area contributed by atoms with E-state index in [-0.39, 0.29) is 17.3 Å². The number of ether oxygens (including phenoxy) is 1. The van der Waals surface area contributed by atoms with Crippen molar-refractivity contribution in [1.82, 2.24) is 9.97 Å². The fourth-order valence-electron chi connectivity index (χ4n) is 2.71. The maximum atomic E-state index is 11.7. The van der Waals surface area contributed by atoms with Gasteiger partial charge in [0.25, 0.3) is 0 Å². The van der Waals surface area contributed by atoms with Crippen LogP contribution in [0.3, 0.4) is 0 Å². The third-order valence-electron chi connectivity index (χ3n) is 3.75. The predicted molar refractivity (Wildman–Crippen MR) is 79.0 cm³/mol. The van der Waals surface area contributed by atoms with Crippen molar-refractivity contribution >= 4 is 11.8 Å². The Morgan fingerprint density at radius 1 is 1.33 bits per heavy atom. The maximum absolute atomic E-state index is 11.7. The van der Waals surface area contributed by atoms with Crippen molar-refractivity contribution < 1.29 is 9.53 Å². The third-order valence-corrected chi connectivity index (χ3v) is 3.75.